The van der Waals surface area contributed by atoms with Crippen molar-refractivity contribution in [1.82, 2.24) is 9.97 Å². The Balaban J connectivity index is 2.62. The van der Waals surface area contributed by atoms with E-state index in [2.05, 4.69) is 9.97 Å². The summed E-state index contributed by atoms with van der Waals surface area (Å²) in [6.45, 7) is 0. The molecule has 80 valence electrons. The number of carbonyl (C=O) groups is 1. The van der Waals surface area contributed by atoms with E-state index in [0.717, 1.165) is 12.1 Å². The third-order valence-electron chi connectivity index (χ3n) is 1.98. The molecule has 2 aromatic rings. The summed E-state index contributed by atoms with van der Waals surface area (Å²) < 4.78 is 26.7. The highest BCUT2D eigenvalue weighted by molar-refractivity contribution is 5.72. The van der Waals surface area contributed by atoms with Gasteiger partial charge in [0.2, 0.25) is 0 Å². The maximum Gasteiger partial charge on any atom is 0.168 e. The van der Waals surface area contributed by atoms with Gasteiger partial charge >= 0.3 is 0 Å². The van der Waals surface area contributed by atoms with Crippen molar-refractivity contribution in [3.63, 3.8) is 0 Å². The summed E-state index contributed by atoms with van der Waals surface area (Å²) in [5, 5.41) is 0. The average Bonchev–Trinajstić information content (AvgIpc) is 2.29. The fourth-order valence-electron chi connectivity index (χ4n) is 1.27. The van der Waals surface area contributed by atoms with Gasteiger partial charge in [0, 0.05) is 6.20 Å². The first-order valence-electron chi connectivity index (χ1n) is 4.45. The molecular formula is C11H6F2N2O. The second-order valence-corrected chi connectivity index (χ2v) is 3.02. The van der Waals surface area contributed by atoms with Gasteiger partial charge in [0.15, 0.2) is 12.1 Å². The monoisotopic (exact) mass is 220 g/mol. The highest BCUT2D eigenvalue weighted by atomic mass is 19.1. The van der Waals surface area contributed by atoms with E-state index in [-0.39, 0.29) is 17.1 Å². The molecule has 16 heavy (non-hydrogen) atoms. The Bertz CT molecular complexity index is 523. The van der Waals surface area contributed by atoms with E-state index in [9.17, 15) is 13.6 Å². The molecule has 0 unspecified atom stereocenters. The normalized spacial score (nSPS) is 10.1. The van der Waals surface area contributed by atoms with Crippen molar-refractivity contribution in [2.75, 3.05) is 0 Å². The lowest BCUT2D eigenvalue weighted by Gasteiger charge is -2.03. The Kier molecular flexibility index (Phi) is 2.68. The van der Waals surface area contributed by atoms with Gasteiger partial charge < -0.3 is 0 Å². The number of halogens is 2. The predicted molar refractivity (Wildman–Crippen MR) is 52.8 cm³/mol. The minimum absolute atomic E-state index is 0.0765. The van der Waals surface area contributed by atoms with Crippen LogP contribution in [0.4, 0.5) is 8.78 Å². The van der Waals surface area contributed by atoms with Crippen LogP contribution in [-0.4, -0.2) is 16.3 Å². The van der Waals surface area contributed by atoms with Crippen molar-refractivity contribution in [1.29, 1.82) is 0 Å². The van der Waals surface area contributed by atoms with E-state index in [4.69, 9.17) is 0 Å². The van der Waals surface area contributed by atoms with E-state index in [0.29, 0.717) is 6.29 Å². The molecule has 0 fully saturated rings. The number of nitrogens with zero attached hydrogens (tertiary/aromatic N) is 2. The van der Waals surface area contributed by atoms with Crippen molar-refractivity contribution >= 4 is 6.29 Å². The number of hydrogen-bond acceptors (Lipinski definition) is 3. The molecule has 0 N–H and O–H groups in total. The summed E-state index contributed by atoms with van der Waals surface area (Å²) in [5.41, 5.74) is -0.251. The van der Waals surface area contributed by atoms with Crippen LogP contribution in [0, 0.1) is 11.6 Å². The fraction of sp³-hybridized carbons (Fsp3) is 0. The van der Waals surface area contributed by atoms with E-state index in [1.54, 1.807) is 0 Å². The Labute approximate surface area is 89.8 Å². The molecule has 0 bridgehead atoms. The standard InChI is InChI=1S/C11H6F2N2O/c12-8-2-1-3-9(13)10(8)11-14-5-4-7(6-16)15-11/h1-6H. The van der Waals surface area contributed by atoms with Gasteiger partial charge in [-0.3, -0.25) is 4.79 Å². The Morgan fingerprint density at radius 2 is 1.81 bits per heavy atom. The SMILES string of the molecule is O=Cc1ccnc(-c2c(F)cccc2F)n1. The third-order valence-corrected chi connectivity index (χ3v) is 1.98. The van der Waals surface area contributed by atoms with Gasteiger partial charge in [0.25, 0.3) is 0 Å². The van der Waals surface area contributed by atoms with Crippen molar-refractivity contribution in [2.45, 2.75) is 0 Å². The molecule has 1 aromatic carbocycles. The highest BCUT2D eigenvalue weighted by Gasteiger charge is 2.13. The minimum Gasteiger partial charge on any atom is -0.296 e. The van der Waals surface area contributed by atoms with Crippen molar-refractivity contribution in [2.24, 2.45) is 0 Å². The van der Waals surface area contributed by atoms with E-state index >= 15 is 0 Å². The molecule has 0 saturated carbocycles. The zero-order chi connectivity index (χ0) is 11.5. The summed E-state index contributed by atoms with van der Waals surface area (Å²) in [7, 11) is 0. The molecule has 0 spiro atoms. The molecule has 0 saturated heterocycles. The van der Waals surface area contributed by atoms with Crippen LogP contribution in [-0.2, 0) is 0 Å². The molecule has 2 rings (SSSR count). The maximum atomic E-state index is 13.4. The van der Waals surface area contributed by atoms with Crippen LogP contribution in [0.1, 0.15) is 10.5 Å². The average molecular weight is 220 g/mol. The summed E-state index contributed by atoms with van der Waals surface area (Å²) in [6.07, 6.45) is 1.77. The number of hydrogen-bond donors (Lipinski definition) is 0. The van der Waals surface area contributed by atoms with E-state index < -0.39 is 11.6 Å². The van der Waals surface area contributed by atoms with Crippen LogP contribution >= 0.6 is 0 Å². The molecular weight excluding hydrogens is 214 g/mol. The maximum absolute atomic E-state index is 13.4. The van der Waals surface area contributed by atoms with Crippen LogP contribution in [0.2, 0.25) is 0 Å². The van der Waals surface area contributed by atoms with Gasteiger partial charge in [-0.25, -0.2) is 18.7 Å². The molecule has 1 aromatic heterocycles. The topological polar surface area (TPSA) is 42.9 Å². The second kappa shape index (κ2) is 4.14. The van der Waals surface area contributed by atoms with Crippen molar-refractivity contribution < 1.29 is 13.6 Å². The number of aldehydes is 1. The lowest BCUT2D eigenvalue weighted by molar-refractivity contribution is 0.111. The van der Waals surface area contributed by atoms with Crippen LogP contribution in [0.15, 0.2) is 30.5 Å². The summed E-state index contributed by atoms with van der Waals surface area (Å²) in [4.78, 5) is 17.9. The van der Waals surface area contributed by atoms with Crippen LogP contribution in [0.3, 0.4) is 0 Å². The van der Waals surface area contributed by atoms with E-state index in [1.807, 2.05) is 0 Å². The Hall–Kier alpha value is -2.17. The lowest BCUT2D eigenvalue weighted by Crippen LogP contribution is -1.97. The summed E-state index contributed by atoms with van der Waals surface area (Å²) in [5.74, 6) is -1.66. The molecule has 0 atom stereocenters. The van der Waals surface area contributed by atoms with Crippen molar-refractivity contribution in [3.05, 3.63) is 47.8 Å². The first kappa shape index (κ1) is 10.4. The predicted octanol–water partition coefficient (Wildman–Crippen LogP) is 2.23. The van der Waals surface area contributed by atoms with Crippen molar-refractivity contribution in [3.8, 4) is 11.4 Å². The largest absolute Gasteiger partial charge is 0.296 e. The molecule has 1 heterocycles. The lowest BCUT2D eigenvalue weighted by atomic mass is 10.2. The first-order chi connectivity index (χ1) is 7.72. The number of aromatic nitrogens is 2. The Morgan fingerprint density at radius 3 is 2.44 bits per heavy atom. The number of benzene rings is 1. The second-order valence-electron chi connectivity index (χ2n) is 3.02. The third kappa shape index (κ3) is 1.79. The smallest absolute Gasteiger partial charge is 0.168 e. The molecule has 0 amide bonds. The molecule has 3 nitrogen and oxygen atoms in total. The molecule has 0 aliphatic heterocycles. The number of carbonyl (C=O) groups excluding carboxylic acids is 1. The molecule has 0 radical (unpaired) electrons. The van der Waals surface area contributed by atoms with Gasteiger partial charge in [-0.05, 0) is 18.2 Å². The first-order valence-corrected chi connectivity index (χ1v) is 4.45. The molecule has 5 heteroatoms. The van der Waals surface area contributed by atoms with Crippen LogP contribution in [0.5, 0.6) is 0 Å². The zero-order valence-corrected chi connectivity index (χ0v) is 8.02. The fourth-order valence-corrected chi connectivity index (χ4v) is 1.27. The van der Waals surface area contributed by atoms with Gasteiger partial charge in [0.05, 0.1) is 5.56 Å². The van der Waals surface area contributed by atoms with Gasteiger partial charge in [0.1, 0.15) is 17.3 Å². The van der Waals surface area contributed by atoms with E-state index in [1.165, 1.54) is 18.3 Å². The van der Waals surface area contributed by atoms with Gasteiger partial charge in [-0.15, -0.1) is 0 Å². The zero-order valence-electron chi connectivity index (χ0n) is 8.02. The minimum atomic E-state index is -0.761. The summed E-state index contributed by atoms with van der Waals surface area (Å²) >= 11 is 0. The molecule has 0 aliphatic carbocycles. The number of rotatable bonds is 2. The quantitative estimate of drug-likeness (QED) is 0.729. The van der Waals surface area contributed by atoms with Gasteiger partial charge in [-0.2, -0.15) is 0 Å². The summed E-state index contributed by atoms with van der Waals surface area (Å²) in [6, 6.07) is 4.82. The molecule has 0 aliphatic rings. The van der Waals surface area contributed by atoms with Crippen LogP contribution in [0.25, 0.3) is 11.4 Å². The van der Waals surface area contributed by atoms with Gasteiger partial charge in [-0.1, -0.05) is 6.07 Å². The Morgan fingerprint density at radius 1 is 1.12 bits per heavy atom. The van der Waals surface area contributed by atoms with Crippen LogP contribution < -0.4 is 0 Å². The highest BCUT2D eigenvalue weighted by Crippen LogP contribution is 2.22.